The van der Waals surface area contributed by atoms with Crippen LogP contribution in [0.25, 0.3) is 0 Å². The van der Waals surface area contributed by atoms with E-state index in [0.717, 1.165) is 12.8 Å². The molecule has 1 heterocycles. The van der Waals surface area contributed by atoms with E-state index in [0.29, 0.717) is 11.8 Å². The molecule has 3 nitrogen and oxygen atoms in total. The van der Waals surface area contributed by atoms with Crippen LogP contribution in [-0.4, -0.2) is 16.1 Å². The Morgan fingerprint density at radius 2 is 2.56 bits per heavy atom. The van der Waals surface area contributed by atoms with Crippen LogP contribution < -0.4 is 0 Å². The van der Waals surface area contributed by atoms with Gasteiger partial charge in [0.1, 0.15) is 0 Å². The maximum Gasteiger partial charge on any atom is 0.216 e. The normalized spacial score (nSPS) is 9.89. The Morgan fingerprint density at radius 3 is 3.11 bits per heavy atom. The zero-order valence-electron chi connectivity index (χ0n) is 4.88. The highest BCUT2D eigenvalue weighted by atomic mass is 35.5. The lowest BCUT2D eigenvalue weighted by Gasteiger charge is -1.86. The molecule has 0 aliphatic rings. The number of aromatic nitrogens is 2. The molecule has 1 rings (SSSR count). The molecule has 0 fully saturated rings. The van der Waals surface area contributed by atoms with Crippen molar-refractivity contribution in [2.75, 3.05) is 5.88 Å². The van der Waals surface area contributed by atoms with E-state index in [9.17, 15) is 0 Å². The van der Waals surface area contributed by atoms with Crippen molar-refractivity contribution in [3.8, 4) is 0 Å². The first-order valence-corrected chi connectivity index (χ1v) is 3.28. The molecule has 0 bridgehead atoms. The van der Waals surface area contributed by atoms with Gasteiger partial charge in [-0.2, -0.15) is 0 Å². The largest absolute Gasteiger partial charge is 0.428 e. The number of hydrogen-bond donors (Lipinski definition) is 0. The first-order chi connectivity index (χ1) is 4.43. The van der Waals surface area contributed by atoms with Crippen LogP contribution in [0.2, 0.25) is 0 Å². The maximum atomic E-state index is 5.43. The summed E-state index contributed by atoms with van der Waals surface area (Å²) >= 11 is 5.43. The number of nitrogens with zero attached hydrogens (tertiary/aromatic N) is 2. The molecule has 0 saturated heterocycles. The molecule has 0 N–H and O–H groups in total. The monoisotopic (exact) mass is 146 g/mol. The summed E-state index contributed by atoms with van der Waals surface area (Å²) in [6.07, 6.45) is 3.00. The van der Waals surface area contributed by atoms with Gasteiger partial charge in [0.25, 0.3) is 0 Å². The van der Waals surface area contributed by atoms with Gasteiger partial charge in [0.05, 0.1) is 0 Å². The fourth-order valence-electron chi connectivity index (χ4n) is 0.523. The Labute approximate surface area is 58.0 Å². The lowest BCUT2D eigenvalue weighted by molar-refractivity contribution is 0.490. The Bertz CT molecular complexity index is 152. The van der Waals surface area contributed by atoms with Crippen LogP contribution in [-0.2, 0) is 6.42 Å². The number of aryl methyl sites for hydroxylation is 1. The zero-order valence-corrected chi connectivity index (χ0v) is 5.64. The third-order valence-corrected chi connectivity index (χ3v) is 1.20. The fourth-order valence-corrected chi connectivity index (χ4v) is 0.657. The Morgan fingerprint density at radius 1 is 1.67 bits per heavy atom. The van der Waals surface area contributed by atoms with E-state index < -0.39 is 0 Å². The van der Waals surface area contributed by atoms with Gasteiger partial charge in [-0.1, -0.05) is 0 Å². The van der Waals surface area contributed by atoms with Crippen LogP contribution in [0.5, 0.6) is 0 Å². The summed E-state index contributed by atoms with van der Waals surface area (Å²) in [6.45, 7) is 0. The molecule has 0 spiro atoms. The van der Waals surface area contributed by atoms with E-state index in [-0.39, 0.29) is 0 Å². The summed E-state index contributed by atoms with van der Waals surface area (Å²) in [5.74, 6) is 1.30. The van der Waals surface area contributed by atoms with Gasteiger partial charge < -0.3 is 4.42 Å². The van der Waals surface area contributed by atoms with Crippen molar-refractivity contribution in [1.82, 2.24) is 10.2 Å². The topological polar surface area (TPSA) is 38.9 Å². The van der Waals surface area contributed by atoms with Gasteiger partial charge >= 0.3 is 0 Å². The molecule has 0 atom stereocenters. The van der Waals surface area contributed by atoms with Crippen molar-refractivity contribution in [1.29, 1.82) is 0 Å². The molecular weight excluding hydrogens is 140 g/mol. The summed E-state index contributed by atoms with van der Waals surface area (Å²) in [7, 11) is 0. The molecule has 0 unspecified atom stereocenters. The first kappa shape index (κ1) is 6.55. The lowest BCUT2D eigenvalue weighted by Crippen LogP contribution is -1.85. The summed E-state index contributed by atoms with van der Waals surface area (Å²) < 4.78 is 4.85. The van der Waals surface area contributed by atoms with Crippen molar-refractivity contribution >= 4 is 11.6 Å². The third kappa shape index (κ3) is 2.01. The van der Waals surface area contributed by atoms with Crippen LogP contribution in [0.4, 0.5) is 0 Å². The molecule has 4 heteroatoms. The molecule has 0 radical (unpaired) electrons. The fraction of sp³-hybridized carbons (Fsp3) is 0.600. The van der Waals surface area contributed by atoms with Gasteiger partial charge in [0.2, 0.25) is 12.3 Å². The molecule has 0 saturated carbocycles. The molecule has 0 aliphatic carbocycles. The molecule has 0 amide bonds. The number of alkyl halides is 1. The Balaban J connectivity index is 2.30. The standard InChI is InChI=1S/C5H7ClN2O/c6-3-1-2-5-8-7-4-9-5/h4H,1-3H2. The second kappa shape index (κ2) is 3.45. The highest BCUT2D eigenvalue weighted by molar-refractivity contribution is 6.17. The smallest absolute Gasteiger partial charge is 0.216 e. The van der Waals surface area contributed by atoms with Crippen molar-refractivity contribution in [2.45, 2.75) is 12.8 Å². The van der Waals surface area contributed by atoms with Crippen LogP contribution in [0, 0.1) is 0 Å². The van der Waals surface area contributed by atoms with Crippen molar-refractivity contribution in [2.24, 2.45) is 0 Å². The molecule has 1 aromatic heterocycles. The number of halogens is 1. The summed E-state index contributed by atoms with van der Waals surface area (Å²) in [6, 6.07) is 0. The van der Waals surface area contributed by atoms with Crippen molar-refractivity contribution < 1.29 is 4.42 Å². The predicted octanol–water partition coefficient (Wildman–Crippen LogP) is 1.24. The minimum Gasteiger partial charge on any atom is -0.428 e. The summed E-state index contributed by atoms with van der Waals surface area (Å²) in [5.41, 5.74) is 0. The van der Waals surface area contributed by atoms with Crippen LogP contribution >= 0.6 is 11.6 Å². The second-order valence-corrected chi connectivity index (χ2v) is 2.00. The number of hydrogen-bond acceptors (Lipinski definition) is 3. The van der Waals surface area contributed by atoms with E-state index in [1.165, 1.54) is 6.39 Å². The predicted molar refractivity (Wildman–Crippen MR) is 33.3 cm³/mol. The minimum atomic E-state index is 0.641. The zero-order chi connectivity index (χ0) is 6.53. The van der Waals surface area contributed by atoms with Gasteiger partial charge in [-0.15, -0.1) is 21.8 Å². The van der Waals surface area contributed by atoms with E-state index in [4.69, 9.17) is 16.0 Å². The molecule has 0 aromatic carbocycles. The van der Waals surface area contributed by atoms with Crippen molar-refractivity contribution in [3.63, 3.8) is 0 Å². The third-order valence-electron chi connectivity index (χ3n) is 0.929. The van der Waals surface area contributed by atoms with Gasteiger partial charge in [-0.05, 0) is 6.42 Å². The second-order valence-electron chi connectivity index (χ2n) is 1.63. The average molecular weight is 147 g/mol. The summed E-state index contributed by atoms with van der Waals surface area (Å²) in [5, 5.41) is 7.19. The molecule has 1 aromatic rings. The van der Waals surface area contributed by atoms with Crippen LogP contribution in [0.15, 0.2) is 10.8 Å². The SMILES string of the molecule is ClCCCc1nnco1. The van der Waals surface area contributed by atoms with E-state index in [1.807, 2.05) is 0 Å². The maximum absolute atomic E-state index is 5.43. The quantitative estimate of drug-likeness (QED) is 0.603. The molecule has 0 aliphatic heterocycles. The lowest BCUT2D eigenvalue weighted by atomic mass is 10.3. The van der Waals surface area contributed by atoms with Gasteiger partial charge in [0, 0.05) is 12.3 Å². The van der Waals surface area contributed by atoms with E-state index >= 15 is 0 Å². The van der Waals surface area contributed by atoms with Gasteiger partial charge in [-0.3, -0.25) is 0 Å². The Hall–Kier alpha value is -0.570. The van der Waals surface area contributed by atoms with Crippen LogP contribution in [0.1, 0.15) is 12.3 Å². The highest BCUT2D eigenvalue weighted by Crippen LogP contribution is 1.97. The van der Waals surface area contributed by atoms with Crippen molar-refractivity contribution in [3.05, 3.63) is 12.3 Å². The Kier molecular flexibility index (Phi) is 2.51. The van der Waals surface area contributed by atoms with Crippen LogP contribution in [0.3, 0.4) is 0 Å². The average Bonchev–Trinajstić information content (AvgIpc) is 2.34. The highest BCUT2D eigenvalue weighted by Gasteiger charge is 1.95. The molecule has 9 heavy (non-hydrogen) atoms. The molecular formula is C5H7ClN2O. The van der Waals surface area contributed by atoms with E-state index in [2.05, 4.69) is 10.2 Å². The minimum absolute atomic E-state index is 0.641. The summed E-state index contributed by atoms with van der Waals surface area (Å²) in [4.78, 5) is 0. The van der Waals surface area contributed by atoms with E-state index in [1.54, 1.807) is 0 Å². The first-order valence-electron chi connectivity index (χ1n) is 2.74. The van der Waals surface area contributed by atoms with Gasteiger partial charge in [0.15, 0.2) is 0 Å². The molecule has 50 valence electrons. The van der Waals surface area contributed by atoms with Gasteiger partial charge in [-0.25, -0.2) is 0 Å². The number of rotatable bonds is 3.